The number of nitrogens with one attached hydrogen (secondary N) is 1. The molecule has 0 saturated heterocycles. The predicted molar refractivity (Wildman–Crippen MR) is 70.6 cm³/mol. The number of anilines is 2. The van der Waals surface area contributed by atoms with Gasteiger partial charge in [0.05, 0.1) is 23.1 Å². The average molecular weight is 263 g/mol. The molecule has 3 N–H and O–H groups in total. The maximum Gasteiger partial charge on any atom is 0.276 e. The third-order valence-electron chi connectivity index (χ3n) is 2.35. The molecule has 2 aromatic rings. The normalized spacial score (nSPS) is 10.1. The minimum Gasteiger partial charge on any atom is -0.382 e. The molecule has 1 heterocycles. The van der Waals surface area contributed by atoms with Crippen molar-refractivity contribution in [1.82, 2.24) is 9.97 Å². The van der Waals surface area contributed by atoms with E-state index in [2.05, 4.69) is 15.3 Å². The molecule has 0 aliphatic carbocycles. The number of nitrogens with two attached hydrogens (primary N) is 1. The van der Waals surface area contributed by atoms with Crippen molar-refractivity contribution in [2.75, 3.05) is 11.1 Å². The first-order valence-corrected chi connectivity index (χ1v) is 5.59. The summed E-state index contributed by atoms with van der Waals surface area (Å²) in [6.45, 7) is 1.85. The number of nitrogens with zero attached hydrogens (tertiary/aromatic N) is 2. The Kier molecular flexibility index (Phi) is 3.43. The fraction of sp³-hybridized carbons (Fsp3) is 0.0833. The van der Waals surface area contributed by atoms with Crippen LogP contribution < -0.4 is 11.1 Å². The van der Waals surface area contributed by atoms with Crippen molar-refractivity contribution in [2.45, 2.75) is 6.92 Å². The lowest BCUT2D eigenvalue weighted by Crippen LogP contribution is -2.15. The van der Waals surface area contributed by atoms with Gasteiger partial charge in [-0.3, -0.25) is 9.78 Å². The molecule has 0 fully saturated rings. The van der Waals surface area contributed by atoms with E-state index in [1.807, 2.05) is 19.1 Å². The molecule has 0 aliphatic rings. The Morgan fingerprint density at radius 2 is 2.17 bits per heavy atom. The van der Waals surface area contributed by atoms with Gasteiger partial charge < -0.3 is 11.1 Å². The van der Waals surface area contributed by atoms with Gasteiger partial charge in [0.25, 0.3) is 5.91 Å². The molecular weight excluding hydrogens is 252 g/mol. The van der Waals surface area contributed by atoms with Crippen LogP contribution in [0.2, 0.25) is 5.02 Å². The SMILES string of the molecule is Cc1cccc(Cl)c1NC(=O)c1cncc(N)n1. The van der Waals surface area contributed by atoms with Gasteiger partial charge in [-0.2, -0.15) is 0 Å². The number of amides is 1. The number of nitrogen functional groups attached to an aromatic ring is 1. The second-order valence-corrected chi connectivity index (χ2v) is 4.12. The minimum absolute atomic E-state index is 0.148. The largest absolute Gasteiger partial charge is 0.382 e. The summed E-state index contributed by atoms with van der Waals surface area (Å²) in [6.07, 6.45) is 2.72. The van der Waals surface area contributed by atoms with Crippen LogP contribution in [0.3, 0.4) is 0 Å². The summed E-state index contributed by atoms with van der Waals surface area (Å²) in [5.41, 5.74) is 7.05. The molecule has 1 aromatic carbocycles. The van der Waals surface area contributed by atoms with Gasteiger partial charge >= 0.3 is 0 Å². The third-order valence-corrected chi connectivity index (χ3v) is 2.66. The number of halogens is 1. The second kappa shape index (κ2) is 5.01. The van der Waals surface area contributed by atoms with Gasteiger partial charge in [-0.15, -0.1) is 0 Å². The van der Waals surface area contributed by atoms with E-state index in [1.54, 1.807) is 6.07 Å². The summed E-state index contributed by atoms with van der Waals surface area (Å²) in [6, 6.07) is 5.37. The Hall–Kier alpha value is -2.14. The minimum atomic E-state index is -0.397. The molecule has 6 heteroatoms. The van der Waals surface area contributed by atoms with E-state index in [4.69, 9.17) is 17.3 Å². The molecule has 0 aliphatic heterocycles. The summed E-state index contributed by atoms with van der Waals surface area (Å²) in [5.74, 6) is -0.204. The van der Waals surface area contributed by atoms with Crippen LogP contribution in [0.25, 0.3) is 0 Å². The van der Waals surface area contributed by atoms with Crippen molar-refractivity contribution in [3.8, 4) is 0 Å². The number of hydrogen-bond donors (Lipinski definition) is 2. The van der Waals surface area contributed by atoms with Crippen LogP contribution in [-0.4, -0.2) is 15.9 Å². The summed E-state index contributed by atoms with van der Waals surface area (Å²) in [5, 5.41) is 3.17. The number of benzene rings is 1. The van der Waals surface area contributed by atoms with Crippen LogP contribution in [0.4, 0.5) is 11.5 Å². The lowest BCUT2D eigenvalue weighted by Gasteiger charge is -2.09. The topological polar surface area (TPSA) is 80.9 Å². The Bertz CT molecular complexity index is 580. The van der Waals surface area contributed by atoms with E-state index >= 15 is 0 Å². The first-order valence-electron chi connectivity index (χ1n) is 5.22. The van der Waals surface area contributed by atoms with Gasteiger partial charge in [-0.25, -0.2) is 4.98 Å². The molecule has 0 spiro atoms. The fourth-order valence-corrected chi connectivity index (χ4v) is 1.73. The maximum atomic E-state index is 11.9. The lowest BCUT2D eigenvalue weighted by molar-refractivity contribution is 0.102. The molecular formula is C12H11ClN4O. The van der Waals surface area contributed by atoms with Crippen molar-refractivity contribution in [3.05, 3.63) is 46.9 Å². The number of carbonyl (C=O) groups excluding carboxylic acids is 1. The van der Waals surface area contributed by atoms with Crippen LogP contribution in [-0.2, 0) is 0 Å². The number of aryl methyl sites for hydroxylation is 1. The number of aromatic nitrogens is 2. The number of para-hydroxylation sites is 1. The van der Waals surface area contributed by atoms with Crippen LogP contribution in [0.5, 0.6) is 0 Å². The standard InChI is InChI=1S/C12H11ClN4O/c1-7-3-2-4-8(13)11(7)17-12(18)9-5-15-6-10(14)16-9/h2-6H,1H3,(H2,14,16)(H,17,18). The molecule has 1 aromatic heterocycles. The van der Waals surface area contributed by atoms with Crippen LogP contribution in [0.1, 0.15) is 16.1 Å². The fourth-order valence-electron chi connectivity index (χ4n) is 1.46. The molecule has 18 heavy (non-hydrogen) atoms. The number of rotatable bonds is 2. The zero-order valence-corrected chi connectivity index (χ0v) is 10.4. The van der Waals surface area contributed by atoms with E-state index in [0.717, 1.165) is 5.56 Å². The quantitative estimate of drug-likeness (QED) is 0.870. The highest BCUT2D eigenvalue weighted by Gasteiger charge is 2.12. The van der Waals surface area contributed by atoms with E-state index in [9.17, 15) is 4.79 Å². The van der Waals surface area contributed by atoms with Crippen molar-refractivity contribution >= 4 is 29.0 Å². The maximum absolute atomic E-state index is 11.9. The summed E-state index contributed by atoms with van der Waals surface area (Å²) in [4.78, 5) is 19.6. The third kappa shape index (κ3) is 2.57. The molecule has 92 valence electrons. The molecule has 0 saturated carbocycles. The highest BCUT2D eigenvalue weighted by molar-refractivity contribution is 6.34. The number of carbonyl (C=O) groups is 1. The molecule has 1 amide bonds. The Morgan fingerprint density at radius 3 is 2.83 bits per heavy atom. The molecule has 0 unspecified atom stereocenters. The van der Waals surface area contributed by atoms with Gasteiger partial charge in [0.15, 0.2) is 0 Å². The smallest absolute Gasteiger partial charge is 0.276 e. The zero-order chi connectivity index (χ0) is 13.1. The van der Waals surface area contributed by atoms with Gasteiger partial charge in [0, 0.05) is 0 Å². The first-order chi connectivity index (χ1) is 8.58. The van der Waals surface area contributed by atoms with E-state index < -0.39 is 5.91 Å². The Balaban J connectivity index is 2.27. The van der Waals surface area contributed by atoms with Crippen LogP contribution >= 0.6 is 11.6 Å². The Labute approximate surface area is 109 Å². The van der Waals surface area contributed by atoms with Crippen molar-refractivity contribution in [3.63, 3.8) is 0 Å². The highest BCUT2D eigenvalue weighted by atomic mass is 35.5. The van der Waals surface area contributed by atoms with Crippen LogP contribution in [0.15, 0.2) is 30.6 Å². The van der Waals surface area contributed by atoms with Crippen molar-refractivity contribution in [1.29, 1.82) is 0 Å². The summed E-state index contributed by atoms with van der Waals surface area (Å²) < 4.78 is 0. The molecule has 0 radical (unpaired) electrons. The summed E-state index contributed by atoms with van der Waals surface area (Å²) >= 11 is 6.02. The van der Waals surface area contributed by atoms with Gasteiger partial charge in [0.1, 0.15) is 11.5 Å². The predicted octanol–water partition coefficient (Wildman–Crippen LogP) is 2.27. The van der Waals surface area contributed by atoms with E-state index in [-0.39, 0.29) is 11.5 Å². The zero-order valence-electron chi connectivity index (χ0n) is 9.64. The van der Waals surface area contributed by atoms with E-state index in [0.29, 0.717) is 10.7 Å². The summed E-state index contributed by atoms with van der Waals surface area (Å²) in [7, 11) is 0. The molecule has 2 rings (SSSR count). The monoisotopic (exact) mass is 262 g/mol. The van der Waals surface area contributed by atoms with Crippen LogP contribution in [0, 0.1) is 6.92 Å². The van der Waals surface area contributed by atoms with Crippen molar-refractivity contribution < 1.29 is 4.79 Å². The second-order valence-electron chi connectivity index (χ2n) is 3.72. The highest BCUT2D eigenvalue weighted by Crippen LogP contribution is 2.25. The van der Waals surface area contributed by atoms with E-state index in [1.165, 1.54) is 12.4 Å². The Morgan fingerprint density at radius 1 is 1.39 bits per heavy atom. The molecule has 0 bridgehead atoms. The average Bonchev–Trinajstić information content (AvgIpc) is 2.34. The first kappa shape index (κ1) is 12.3. The van der Waals surface area contributed by atoms with Gasteiger partial charge in [-0.1, -0.05) is 23.7 Å². The van der Waals surface area contributed by atoms with Gasteiger partial charge in [-0.05, 0) is 18.6 Å². The molecule has 5 nitrogen and oxygen atoms in total. The number of hydrogen-bond acceptors (Lipinski definition) is 4. The molecule has 0 atom stereocenters. The van der Waals surface area contributed by atoms with Crippen molar-refractivity contribution in [2.24, 2.45) is 0 Å². The van der Waals surface area contributed by atoms with Gasteiger partial charge in [0.2, 0.25) is 0 Å². The lowest BCUT2D eigenvalue weighted by atomic mass is 10.2.